The van der Waals surface area contributed by atoms with Crippen LogP contribution < -0.4 is 5.32 Å². The molecule has 2 nitrogen and oxygen atoms in total. The predicted molar refractivity (Wildman–Crippen MR) is 74.7 cm³/mol. The van der Waals surface area contributed by atoms with Crippen molar-refractivity contribution in [3.05, 3.63) is 0 Å². The van der Waals surface area contributed by atoms with Gasteiger partial charge in [-0.25, -0.2) is 0 Å². The van der Waals surface area contributed by atoms with Gasteiger partial charge in [-0.3, -0.25) is 0 Å². The summed E-state index contributed by atoms with van der Waals surface area (Å²) >= 11 is 0. The van der Waals surface area contributed by atoms with Gasteiger partial charge in [-0.1, -0.05) is 19.8 Å². The lowest BCUT2D eigenvalue weighted by Gasteiger charge is -2.25. The lowest BCUT2D eigenvalue weighted by Crippen LogP contribution is -2.27. The Bertz CT molecular complexity index is 272. The molecule has 0 radical (unpaired) electrons. The summed E-state index contributed by atoms with van der Waals surface area (Å²) in [6, 6.07) is 0.793. The summed E-state index contributed by atoms with van der Waals surface area (Å²) in [6.45, 7) is 3.34. The Balaban J connectivity index is 1.44. The van der Waals surface area contributed by atoms with Crippen molar-refractivity contribution in [2.24, 2.45) is 5.92 Å². The Morgan fingerprint density at radius 3 is 2.72 bits per heavy atom. The van der Waals surface area contributed by atoms with Gasteiger partial charge in [0.25, 0.3) is 0 Å². The molecule has 1 N–H and O–H groups in total. The quantitative estimate of drug-likeness (QED) is 0.823. The van der Waals surface area contributed by atoms with E-state index in [4.69, 9.17) is 4.74 Å². The molecule has 1 spiro atoms. The molecule has 3 fully saturated rings. The number of hydrogen-bond acceptors (Lipinski definition) is 2. The molecule has 2 heteroatoms. The molecule has 2 saturated carbocycles. The number of ether oxygens (including phenoxy) is 1. The van der Waals surface area contributed by atoms with Crippen LogP contribution in [0.5, 0.6) is 0 Å². The second-order valence-corrected chi connectivity index (χ2v) is 6.84. The van der Waals surface area contributed by atoms with Gasteiger partial charge in [-0.15, -0.1) is 0 Å². The molecular formula is C16H29NO. The highest BCUT2D eigenvalue weighted by Gasteiger charge is 2.42. The Kier molecular flexibility index (Phi) is 3.95. The van der Waals surface area contributed by atoms with Crippen LogP contribution in [-0.2, 0) is 4.74 Å². The van der Waals surface area contributed by atoms with E-state index in [1.165, 1.54) is 64.2 Å². The van der Waals surface area contributed by atoms with Crippen LogP contribution in [-0.4, -0.2) is 24.3 Å². The number of hydrogen-bond donors (Lipinski definition) is 1. The highest BCUT2D eigenvalue weighted by atomic mass is 16.5. The van der Waals surface area contributed by atoms with E-state index in [9.17, 15) is 0 Å². The van der Waals surface area contributed by atoms with E-state index in [0.717, 1.165) is 18.5 Å². The van der Waals surface area contributed by atoms with Crippen LogP contribution in [0, 0.1) is 5.92 Å². The van der Waals surface area contributed by atoms with E-state index in [2.05, 4.69) is 12.2 Å². The van der Waals surface area contributed by atoms with Crippen LogP contribution in [0.25, 0.3) is 0 Å². The van der Waals surface area contributed by atoms with Crippen LogP contribution in [0.15, 0.2) is 0 Å². The van der Waals surface area contributed by atoms with Gasteiger partial charge in [0.1, 0.15) is 0 Å². The highest BCUT2D eigenvalue weighted by molar-refractivity contribution is 4.94. The number of nitrogens with one attached hydrogen (secondary N) is 1. The molecule has 3 atom stereocenters. The molecule has 3 rings (SSSR count). The molecule has 1 aliphatic heterocycles. The SMILES string of the molecule is CCNC1CCC(CC2CCC3(CCCC3)O2)C1. The second kappa shape index (κ2) is 5.50. The zero-order chi connectivity index (χ0) is 12.4. The van der Waals surface area contributed by atoms with Crippen LogP contribution in [0.3, 0.4) is 0 Å². The maximum Gasteiger partial charge on any atom is 0.0687 e. The van der Waals surface area contributed by atoms with Gasteiger partial charge in [0, 0.05) is 6.04 Å². The van der Waals surface area contributed by atoms with Crippen molar-refractivity contribution < 1.29 is 4.74 Å². The first-order valence-electron chi connectivity index (χ1n) is 8.21. The van der Waals surface area contributed by atoms with Crippen molar-refractivity contribution in [2.45, 2.75) is 88.9 Å². The molecule has 104 valence electrons. The molecule has 0 aromatic carbocycles. The Morgan fingerprint density at radius 1 is 1.11 bits per heavy atom. The van der Waals surface area contributed by atoms with Crippen LogP contribution in [0.1, 0.15) is 71.1 Å². The lowest BCUT2D eigenvalue weighted by molar-refractivity contribution is -0.0439. The van der Waals surface area contributed by atoms with E-state index < -0.39 is 0 Å². The molecule has 0 amide bonds. The third kappa shape index (κ3) is 2.75. The van der Waals surface area contributed by atoms with Gasteiger partial charge < -0.3 is 10.1 Å². The molecule has 1 heterocycles. The van der Waals surface area contributed by atoms with E-state index >= 15 is 0 Å². The monoisotopic (exact) mass is 251 g/mol. The second-order valence-electron chi connectivity index (χ2n) is 6.84. The average molecular weight is 251 g/mol. The van der Waals surface area contributed by atoms with Crippen LogP contribution in [0.2, 0.25) is 0 Å². The van der Waals surface area contributed by atoms with Gasteiger partial charge >= 0.3 is 0 Å². The number of rotatable bonds is 4. The summed E-state index contributed by atoms with van der Waals surface area (Å²) in [7, 11) is 0. The molecule has 18 heavy (non-hydrogen) atoms. The van der Waals surface area contributed by atoms with Crippen molar-refractivity contribution >= 4 is 0 Å². The smallest absolute Gasteiger partial charge is 0.0687 e. The van der Waals surface area contributed by atoms with E-state index in [1.807, 2.05) is 0 Å². The predicted octanol–water partition coefficient (Wildman–Crippen LogP) is 3.65. The minimum absolute atomic E-state index is 0.338. The molecule has 0 aromatic rings. The third-order valence-electron chi connectivity index (χ3n) is 5.48. The highest BCUT2D eigenvalue weighted by Crippen LogP contribution is 2.45. The first-order valence-corrected chi connectivity index (χ1v) is 8.21. The molecule has 1 saturated heterocycles. The average Bonchev–Trinajstić information content (AvgIpc) is 3.06. The summed E-state index contributed by atoms with van der Waals surface area (Å²) in [5.74, 6) is 0.926. The van der Waals surface area contributed by atoms with Gasteiger partial charge in [-0.2, -0.15) is 0 Å². The molecular weight excluding hydrogens is 222 g/mol. The van der Waals surface area contributed by atoms with Crippen molar-refractivity contribution in [3.8, 4) is 0 Å². The maximum atomic E-state index is 6.45. The van der Waals surface area contributed by atoms with Gasteiger partial charge in [0.2, 0.25) is 0 Å². The summed E-state index contributed by atoms with van der Waals surface area (Å²) in [6.07, 6.45) is 14.3. The zero-order valence-electron chi connectivity index (χ0n) is 11.9. The summed E-state index contributed by atoms with van der Waals surface area (Å²) in [5, 5.41) is 3.61. The Labute approximate surface area is 112 Å². The molecule has 3 aliphatic rings. The van der Waals surface area contributed by atoms with Crippen molar-refractivity contribution in [1.29, 1.82) is 0 Å². The fourth-order valence-electron chi connectivity index (χ4n) is 4.58. The maximum absolute atomic E-state index is 6.45. The van der Waals surface area contributed by atoms with Crippen molar-refractivity contribution in [1.82, 2.24) is 5.32 Å². The van der Waals surface area contributed by atoms with E-state index in [1.54, 1.807) is 0 Å². The minimum atomic E-state index is 0.338. The lowest BCUT2D eigenvalue weighted by atomic mass is 9.95. The largest absolute Gasteiger partial charge is 0.372 e. The minimum Gasteiger partial charge on any atom is -0.372 e. The van der Waals surface area contributed by atoms with Gasteiger partial charge in [0.05, 0.1) is 11.7 Å². The summed E-state index contributed by atoms with van der Waals surface area (Å²) in [4.78, 5) is 0. The fraction of sp³-hybridized carbons (Fsp3) is 1.00. The topological polar surface area (TPSA) is 21.3 Å². The summed E-state index contributed by atoms with van der Waals surface area (Å²) < 4.78 is 6.45. The van der Waals surface area contributed by atoms with Gasteiger partial charge in [0.15, 0.2) is 0 Å². The Hall–Kier alpha value is -0.0800. The van der Waals surface area contributed by atoms with Crippen molar-refractivity contribution in [2.75, 3.05) is 6.54 Å². The molecule has 3 unspecified atom stereocenters. The van der Waals surface area contributed by atoms with Crippen molar-refractivity contribution in [3.63, 3.8) is 0 Å². The molecule has 0 bridgehead atoms. The van der Waals surface area contributed by atoms with E-state index in [-0.39, 0.29) is 0 Å². The summed E-state index contributed by atoms with van der Waals surface area (Å²) in [5.41, 5.74) is 0.338. The normalized spacial score (nSPS) is 38.8. The Morgan fingerprint density at radius 2 is 1.94 bits per heavy atom. The van der Waals surface area contributed by atoms with E-state index in [0.29, 0.717) is 11.7 Å². The third-order valence-corrected chi connectivity index (χ3v) is 5.48. The first kappa shape index (κ1) is 12.9. The molecule has 0 aromatic heterocycles. The first-order chi connectivity index (χ1) is 8.80. The molecule has 2 aliphatic carbocycles. The van der Waals surface area contributed by atoms with Crippen LogP contribution in [0.4, 0.5) is 0 Å². The standard InChI is InChI=1S/C16H29NO/c1-2-17-14-6-5-13(11-14)12-15-7-10-16(18-15)8-3-4-9-16/h13-15,17H,2-12H2,1H3. The fourth-order valence-corrected chi connectivity index (χ4v) is 4.58. The zero-order valence-corrected chi connectivity index (χ0v) is 11.9. The van der Waals surface area contributed by atoms with Crippen LogP contribution >= 0.6 is 0 Å². The van der Waals surface area contributed by atoms with Gasteiger partial charge in [-0.05, 0) is 63.8 Å².